The molecule has 2 fully saturated rings. The van der Waals surface area contributed by atoms with Gasteiger partial charge in [0.15, 0.2) is 0 Å². The number of benzene rings is 1. The van der Waals surface area contributed by atoms with Gasteiger partial charge in [-0.3, -0.25) is 14.6 Å². The third-order valence-corrected chi connectivity index (χ3v) is 5.82. The highest BCUT2D eigenvalue weighted by Gasteiger charge is 2.49. The molecule has 3 heterocycles. The maximum Gasteiger partial charge on any atom is 0.242 e. The molecule has 3 atom stereocenters. The van der Waals surface area contributed by atoms with Crippen molar-refractivity contribution in [2.45, 2.75) is 19.9 Å². The molecule has 2 aromatic rings. The molecular formula is C21H24FN5O2. The number of carbonyl (C=O) groups is 2. The van der Waals surface area contributed by atoms with E-state index in [4.69, 9.17) is 0 Å². The summed E-state index contributed by atoms with van der Waals surface area (Å²) in [7, 11) is 0. The molecule has 1 aromatic heterocycles. The van der Waals surface area contributed by atoms with E-state index < -0.39 is 0 Å². The smallest absolute Gasteiger partial charge is 0.242 e. The van der Waals surface area contributed by atoms with Gasteiger partial charge in [-0.1, -0.05) is 12.1 Å². The summed E-state index contributed by atoms with van der Waals surface area (Å²) in [6.07, 6.45) is 3.36. The molecule has 8 heteroatoms. The third-order valence-electron chi connectivity index (χ3n) is 5.82. The molecule has 0 saturated carbocycles. The first-order chi connectivity index (χ1) is 13.9. The average molecular weight is 397 g/mol. The van der Waals surface area contributed by atoms with E-state index in [1.165, 1.54) is 19.1 Å². The Balaban J connectivity index is 1.61. The van der Waals surface area contributed by atoms with Crippen molar-refractivity contribution in [3.05, 3.63) is 53.7 Å². The van der Waals surface area contributed by atoms with Crippen LogP contribution in [-0.2, 0) is 9.59 Å². The lowest BCUT2D eigenvalue weighted by Gasteiger charge is -2.30. The number of carbonyl (C=O) groups excluding carboxylic acids is 2. The molecule has 2 amide bonds. The van der Waals surface area contributed by atoms with E-state index in [2.05, 4.69) is 20.2 Å². The van der Waals surface area contributed by atoms with E-state index in [0.29, 0.717) is 6.54 Å². The van der Waals surface area contributed by atoms with Gasteiger partial charge < -0.3 is 15.1 Å². The van der Waals surface area contributed by atoms with E-state index in [-0.39, 0.29) is 42.1 Å². The topological polar surface area (TPSA) is 78.4 Å². The van der Waals surface area contributed by atoms with Crippen molar-refractivity contribution in [3.63, 3.8) is 0 Å². The molecule has 1 aromatic carbocycles. The molecule has 7 nitrogen and oxygen atoms in total. The summed E-state index contributed by atoms with van der Waals surface area (Å²) in [4.78, 5) is 36.9. The second-order valence-electron chi connectivity index (χ2n) is 7.75. The number of hydrogen-bond donors (Lipinski definition) is 1. The first-order valence-electron chi connectivity index (χ1n) is 9.76. The Morgan fingerprint density at radius 3 is 2.72 bits per heavy atom. The van der Waals surface area contributed by atoms with Crippen LogP contribution in [0.25, 0.3) is 0 Å². The SMILES string of the molecule is CC(=O)NCC(=O)N1C[C@@H]2CN(c3nccnc3C)C[C@@H]2[C@H]1c1cccc(F)c1. The third kappa shape index (κ3) is 3.79. The Morgan fingerprint density at radius 1 is 1.21 bits per heavy atom. The van der Waals surface area contributed by atoms with Crippen LogP contribution in [-0.4, -0.2) is 52.9 Å². The van der Waals surface area contributed by atoms with Crippen LogP contribution in [0, 0.1) is 24.6 Å². The number of aryl methyl sites for hydroxylation is 1. The number of rotatable bonds is 4. The monoisotopic (exact) mass is 397 g/mol. The van der Waals surface area contributed by atoms with E-state index in [1.54, 1.807) is 23.4 Å². The number of likely N-dealkylation sites (tertiary alicyclic amines) is 1. The van der Waals surface area contributed by atoms with Gasteiger partial charge in [0.1, 0.15) is 11.6 Å². The van der Waals surface area contributed by atoms with Gasteiger partial charge >= 0.3 is 0 Å². The van der Waals surface area contributed by atoms with Crippen LogP contribution in [0.4, 0.5) is 10.2 Å². The predicted octanol–water partition coefficient (Wildman–Crippen LogP) is 1.70. The summed E-state index contributed by atoms with van der Waals surface area (Å²) in [5.74, 6) is 0.539. The standard InChI is InChI=1S/C21H24FN5O2/c1-13-21(24-7-6-23-13)26-10-16-11-27(19(29)9-25-14(2)28)20(18(16)12-26)15-4-3-5-17(22)8-15/h3-8,16,18,20H,9-12H2,1-2H3,(H,25,28)/t16-,18-,20+/m0/s1. The number of halogens is 1. The van der Waals surface area contributed by atoms with Crippen LogP contribution < -0.4 is 10.2 Å². The van der Waals surface area contributed by atoms with Gasteiger partial charge in [0.2, 0.25) is 11.8 Å². The molecular weight excluding hydrogens is 373 g/mol. The Labute approximate surface area is 168 Å². The van der Waals surface area contributed by atoms with Gasteiger partial charge in [0.05, 0.1) is 18.3 Å². The van der Waals surface area contributed by atoms with Crippen LogP contribution in [0.5, 0.6) is 0 Å². The van der Waals surface area contributed by atoms with E-state index in [0.717, 1.165) is 30.2 Å². The number of fused-ring (bicyclic) bond motifs is 1. The van der Waals surface area contributed by atoms with Gasteiger partial charge in [-0.2, -0.15) is 0 Å². The van der Waals surface area contributed by atoms with Gasteiger partial charge in [0, 0.05) is 50.8 Å². The Bertz CT molecular complexity index is 937. The number of nitrogens with zero attached hydrogens (tertiary/aromatic N) is 4. The molecule has 2 aliphatic rings. The fourth-order valence-electron chi connectivity index (χ4n) is 4.60. The van der Waals surface area contributed by atoms with Crippen molar-refractivity contribution < 1.29 is 14.0 Å². The van der Waals surface area contributed by atoms with E-state index >= 15 is 0 Å². The lowest BCUT2D eigenvalue weighted by molar-refractivity contribution is -0.133. The molecule has 0 radical (unpaired) electrons. The van der Waals surface area contributed by atoms with E-state index in [1.807, 2.05) is 13.0 Å². The number of aromatic nitrogens is 2. The van der Waals surface area contributed by atoms with Crippen LogP contribution in [0.15, 0.2) is 36.7 Å². The van der Waals surface area contributed by atoms with Gasteiger partial charge in [-0.05, 0) is 24.6 Å². The molecule has 0 unspecified atom stereocenters. The lowest BCUT2D eigenvalue weighted by Crippen LogP contribution is -2.41. The first-order valence-corrected chi connectivity index (χ1v) is 9.76. The summed E-state index contributed by atoms with van der Waals surface area (Å²) < 4.78 is 14.0. The fraction of sp³-hybridized carbons (Fsp3) is 0.429. The first kappa shape index (κ1) is 19.3. The Hall–Kier alpha value is -3.03. The van der Waals surface area contributed by atoms with E-state index in [9.17, 15) is 14.0 Å². The van der Waals surface area contributed by atoms with Crippen LogP contribution >= 0.6 is 0 Å². The van der Waals surface area contributed by atoms with Crippen LogP contribution in [0.1, 0.15) is 24.2 Å². The second-order valence-corrected chi connectivity index (χ2v) is 7.75. The maximum atomic E-state index is 14.0. The summed E-state index contributed by atoms with van der Waals surface area (Å²) >= 11 is 0. The highest BCUT2D eigenvalue weighted by Crippen LogP contribution is 2.46. The minimum atomic E-state index is -0.320. The van der Waals surface area contributed by atoms with Gasteiger partial charge in [-0.15, -0.1) is 0 Å². The van der Waals surface area contributed by atoms with Crippen molar-refractivity contribution in [2.75, 3.05) is 31.1 Å². The predicted molar refractivity (Wildman–Crippen MR) is 105 cm³/mol. The summed E-state index contributed by atoms with van der Waals surface area (Å²) in [5.41, 5.74) is 1.65. The molecule has 0 bridgehead atoms. The number of nitrogens with one attached hydrogen (secondary N) is 1. The fourth-order valence-corrected chi connectivity index (χ4v) is 4.60. The molecule has 2 saturated heterocycles. The zero-order valence-electron chi connectivity index (χ0n) is 16.5. The molecule has 0 aliphatic carbocycles. The van der Waals surface area contributed by atoms with Gasteiger partial charge in [0.25, 0.3) is 0 Å². The summed E-state index contributed by atoms with van der Waals surface area (Å²) in [6.45, 7) is 5.32. The average Bonchev–Trinajstić information content (AvgIpc) is 3.24. The van der Waals surface area contributed by atoms with Crippen molar-refractivity contribution in [2.24, 2.45) is 11.8 Å². The van der Waals surface area contributed by atoms with Gasteiger partial charge in [-0.25, -0.2) is 9.37 Å². The molecule has 152 valence electrons. The normalized spacial score (nSPS) is 23.2. The second kappa shape index (κ2) is 7.77. The largest absolute Gasteiger partial charge is 0.354 e. The van der Waals surface area contributed by atoms with Crippen LogP contribution in [0.2, 0.25) is 0 Å². The zero-order chi connectivity index (χ0) is 20.5. The minimum absolute atomic E-state index is 0.0480. The maximum absolute atomic E-state index is 14.0. The van der Waals surface area contributed by atoms with Crippen molar-refractivity contribution in [1.82, 2.24) is 20.2 Å². The quantitative estimate of drug-likeness (QED) is 0.850. The number of amides is 2. The zero-order valence-corrected chi connectivity index (χ0v) is 16.5. The number of hydrogen-bond acceptors (Lipinski definition) is 5. The molecule has 4 rings (SSSR count). The molecule has 1 N–H and O–H groups in total. The van der Waals surface area contributed by atoms with Crippen molar-refractivity contribution >= 4 is 17.6 Å². The Morgan fingerprint density at radius 2 is 2.00 bits per heavy atom. The van der Waals surface area contributed by atoms with Crippen molar-refractivity contribution in [3.8, 4) is 0 Å². The highest BCUT2D eigenvalue weighted by atomic mass is 19.1. The summed E-state index contributed by atoms with van der Waals surface area (Å²) in [6, 6.07) is 6.21. The number of anilines is 1. The van der Waals surface area contributed by atoms with Crippen LogP contribution in [0.3, 0.4) is 0 Å². The summed E-state index contributed by atoms with van der Waals surface area (Å²) in [5, 5.41) is 2.58. The molecule has 29 heavy (non-hydrogen) atoms. The molecule has 0 spiro atoms. The Kier molecular flexibility index (Phi) is 5.17. The van der Waals surface area contributed by atoms with Crippen molar-refractivity contribution in [1.29, 1.82) is 0 Å². The lowest BCUT2D eigenvalue weighted by atomic mass is 9.89. The molecule has 2 aliphatic heterocycles. The minimum Gasteiger partial charge on any atom is -0.354 e. The highest BCUT2D eigenvalue weighted by molar-refractivity contribution is 5.84.